The first-order chi connectivity index (χ1) is 15.2. The second-order valence-corrected chi connectivity index (χ2v) is 7.54. The maximum atomic E-state index is 13.7. The topological polar surface area (TPSA) is 74.5 Å². The molecule has 1 amide bonds. The van der Waals surface area contributed by atoms with Crippen LogP contribution in [0.5, 0.6) is 0 Å². The molecule has 0 unspecified atom stereocenters. The van der Waals surface area contributed by atoms with E-state index in [-0.39, 0.29) is 11.5 Å². The molecule has 2 aromatic heterocycles. The quantitative estimate of drug-likeness (QED) is 0.536. The summed E-state index contributed by atoms with van der Waals surface area (Å²) in [7, 11) is 0. The average Bonchev–Trinajstić information content (AvgIpc) is 3.19. The van der Waals surface area contributed by atoms with Gasteiger partial charge < -0.3 is 14.6 Å². The lowest BCUT2D eigenvalue weighted by Gasteiger charge is -2.35. The smallest absolute Gasteiger partial charge is 0.254 e. The number of nitrogens with one attached hydrogen (secondary N) is 1. The molecule has 1 N–H and O–H groups in total. The highest BCUT2D eigenvalue weighted by Crippen LogP contribution is 2.32. The number of rotatable bonds is 5. The second-order valence-electron chi connectivity index (χ2n) is 7.54. The molecule has 1 aliphatic heterocycles. The standard InChI is InChI=1S/C23H22FN5O2/c24-18-7-3-1-5-16(18)23(30)25-9-10-28-11-13-29(14-12-28)22-21-20(26-15-27-22)17-6-2-4-8-19(17)31-21/h1-8,15H,9-14H2,(H,25,30). The van der Waals surface area contributed by atoms with Crippen LogP contribution in [0.1, 0.15) is 10.4 Å². The first-order valence-corrected chi connectivity index (χ1v) is 10.3. The minimum atomic E-state index is -0.504. The van der Waals surface area contributed by atoms with Gasteiger partial charge in [0.1, 0.15) is 23.2 Å². The summed E-state index contributed by atoms with van der Waals surface area (Å²) in [6, 6.07) is 13.9. The van der Waals surface area contributed by atoms with Crippen molar-refractivity contribution in [3.8, 4) is 0 Å². The maximum absolute atomic E-state index is 13.7. The molecule has 158 valence electrons. The average molecular weight is 419 g/mol. The van der Waals surface area contributed by atoms with Gasteiger partial charge in [-0.3, -0.25) is 9.69 Å². The summed E-state index contributed by atoms with van der Waals surface area (Å²) >= 11 is 0. The highest BCUT2D eigenvalue weighted by Gasteiger charge is 2.22. The number of para-hydroxylation sites is 1. The van der Waals surface area contributed by atoms with Gasteiger partial charge in [-0.1, -0.05) is 24.3 Å². The summed E-state index contributed by atoms with van der Waals surface area (Å²) in [6.45, 7) is 4.43. The molecule has 1 aliphatic rings. The van der Waals surface area contributed by atoms with E-state index in [9.17, 15) is 9.18 Å². The molecule has 5 rings (SSSR count). The molecule has 1 saturated heterocycles. The van der Waals surface area contributed by atoms with Gasteiger partial charge in [-0.15, -0.1) is 0 Å². The lowest BCUT2D eigenvalue weighted by molar-refractivity contribution is 0.0943. The van der Waals surface area contributed by atoms with E-state index in [1.807, 2.05) is 24.3 Å². The highest BCUT2D eigenvalue weighted by atomic mass is 19.1. The minimum Gasteiger partial charge on any atom is -0.450 e. The van der Waals surface area contributed by atoms with E-state index in [1.54, 1.807) is 18.5 Å². The van der Waals surface area contributed by atoms with E-state index in [1.165, 1.54) is 12.1 Å². The Morgan fingerprint density at radius 2 is 1.81 bits per heavy atom. The molecule has 2 aromatic carbocycles. The lowest BCUT2D eigenvalue weighted by atomic mass is 10.2. The van der Waals surface area contributed by atoms with Crippen molar-refractivity contribution in [3.05, 3.63) is 66.2 Å². The zero-order valence-corrected chi connectivity index (χ0v) is 16.9. The number of anilines is 1. The molecule has 0 spiro atoms. The number of aromatic nitrogens is 2. The molecule has 31 heavy (non-hydrogen) atoms. The van der Waals surface area contributed by atoms with Gasteiger partial charge in [-0.2, -0.15) is 0 Å². The molecule has 0 radical (unpaired) electrons. The van der Waals surface area contributed by atoms with E-state index in [4.69, 9.17) is 4.42 Å². The molecule has 3 heterocycles. The number of amides is 1. The Kier molecular flexibility index (Phi) is 5.21. The number of hydrogen-bond donors (Lipinski definition) is 1. The molecule has 0 saturated carbocycles. The van der Waals surface area contributed by atoms with E-state index < -0.39 is 5.82 Å². The van der Waals surface area contributed by atoms with Crippen molar-refractivity contribution >= 4 is 33.8 Å². The normalized spacial score (nSPS) is 14.9. The SMILES string of the molecule is O=C(NCCN1CCN(c2ncnc3c2oc2ccccc23)CC1)c1ccccc1F. The third kappa shape index (κ3) is 3.82. The van der Waals surface area contributed by atoms with Gasteiger partial charge in [0, 0.05) is 44.7 Å². The van der Waals surface area contributed by atoms with Crippen molar-refractivity contribution in [3.63, 3.8) is 0 Å². The van der Waals surface area contributed by atoms with Crippen LogP contribution in [-0.2, 0) is 0 Å². The molecule has 0 bridgehead atoms. The van der Waals surface area contributed by atoms with Gasteiger partial charge in [-0.25, -0.2) is 14.4 Å². The predicted octanol–water partition coefficient (Wildman–Crippen LogP) is 3.07. The third-order valence-corrected chi connectivity index (χ3v) is 5.64. The number of piperazine rings is 1. The van der Waals surface area contributed by atoms with Crippen molar-refractivity contribution in [2.24, 2.45) is 0 Å². The Bertz CT molecular complexity index is 1230. The predicted molar refractivity (Wildman–Crippen MR) is 117 cm³/mol. The van der Waals surface area contributed by atoms with Crippen LogP contribution in [0.2, 0.25) is 0 Å². The number of halogens is 1. The summed E-state index contributed by atoms with van der Waals surface area (Å²) in [5, 5.41) is 3.79. The number of nitrogens with zero attached hydrogens (tertiary/aromatic N) is 4. The summed E-state index contributed by atoms with van der Waals surface area (Å²) in [6.07, 6.45) is 1.59. The second kappa shape index (κ2) is 8.31. The van der Waals surface area contributed by atoms with Crippen LogP contribution < -0.4 is 10.2 Å². The molecular weight excluding hydrogens is 397 g/mol. The van der Waals surface area contributed by atoms with E-state index >= 15 is 0 Å². The summed E-state index contributed by atoms with van der Waals surface area (Å²) < 4.78 is 19.8. The van der Waals surface area contributed by atoms with Crippen molar-refractivity contribution in [1.82, 2.24) is 20.2 Å². The van der Waals surface area contributed by atoms with Crippen molar-refractivity contribution in [1.29, 1.82) is 0 Å². The number of carbonyl (C=O) groups excluding carboxylic acids is 1. The van der Waals surface area contributed by atoms with Gasteiger partial charge in [0.15, 0.2) is 11.4 Å². The largest absolute Gasteiger partial charge is 0.450 e. The molecule has 1 fully saturated rings. The van der Waals surface area contributed by atoms with Crippen molar-refractivity contribution in [2.75, 3.05) is 44.2 Å². The van der Waals surface area contributed by atoms with Crippen LogP contribution in [0.4, 0.5) is 10.2 Å². The lowest BCUT2D eigenvalue weighted by Crippen LogP contribution is -2.48. The summed E-state index contributed by atoms with van der Waals surface area (Å²) in [4.78, 5) is 25.5. The summed E-state index contributed by atoms with van der Waals surface area (Å²) in [5.74, 6) is -0.0749. The van der Waals surface area contributed by atoms with E-state index in [2.05, 4.69) is 25.1 Å². The molecular formula is C23H22FN5O2. The number of furan rings is 1. The van der Waals surface area contributed by atoms with Crippen molar-refractivity contribution in [2.45, 2.75) is 0 Å². The fourth-order valence-electron chi connectivity index (χ4n) is 3.99. The summed E-state index contributed by atoms with van der Waals surface area (Å²) in [5.41, 5.74) is 2.43. The zero-order chi connectivity index (χ0) is 21.2. The zero-order valence-electron chi connectivity index (χ0n) is 16.9. The van der Waals surface area contributed by atoms with Crippen LogP contribution in [0.25, 0.3) is 22.1 Å². The number of carbonyl (C=O) groups is 1. The first-order valence-electron chi connectivity index (χ1n) is 10.3. The molecule has 8 heteroatoms. The van der Waals surface area contributed by atoms with Crippen LogP contribution in [0, 0.1) is 5.82 Å². The Hall–Kier alpha value is -3.52. The molecule has 4 aromatic rings. The molecule has 0 atom stereocenters. The Balaban J connectivity index is 1.19. The Morgan fingerprint density at radius 3 is 2.65 bits per heavy atom. The Morgan fingerprint density at radius 1 is 1.03 bits per heavy atom. The fraction of sp³-hybridized carbons (Fsp3) is 0.261. The van der Waals surface area contributed by atoms with Gasteiger partial charge >= 0.3 is 0 Å². The van der Waals surface area contributed by atoms with Crippen LogP contribution in [0.15, 0.2) is 59.3 Å². The maximum Gasteiger partial charge on any atom is 0.254 e. The number of hydrogen-bond acceptors (Lipinski definition) is 6. The third-order valence-electron chi connectivity index (χ3n) is 5.64. The monoisotopic (exact) mass is 419 g/mol. The van der Waals surface area contributed by atoms with Crippen LogP contribution in [-0.4, -0.2) is 60.0 Å². The molecule has 0 aliphatic carbocycles. The van der Waals surface area contributed by atoms with Gasteiger partial charge in [-0.05, 0) is 24.3 Å². The van der Waals surface area contributed by atoms with Crippen LogP contribution >= 0.6 is 0 Å². The van der Waals surface area contributed by atoms with E-state index in [0.29, 0.717) is 18.7 Å². The first kappa shape index (κ1) is 19.4. The fourth-order valence-corrected chi connectivity index (χ4v) is 3.99. The number of benzene rings is 2. The number of fused-ring (bicyclic) bond motifs is 3. The highest BCUT2D eigenvalue weighted by molar-refractivity contribution is 6.05. The Labute approximate surface area is 178 Å². The molecule has 7 nitrogen and oxygen atoms in total. The van der Waals surface area contributed by atoms with Gasteiger partial charge in [0.05, 0.1) is 5.56 Å². The van der Waals surface area contributed by atoms with E-state index in [0.717, 1.165) is 48.5 Å². The van der Waals surface area contributed by atoms with Crippen LogP contribution in [0.3, 0.4) is 0 Å². The van der Waals surface area contributed by atoms with Crippen molar-refractivity contribution < 1.29 is 13.6 Å². The van der Waals surface area contributed by atoms with Gasteiger partial charge in [0.2, 0.25) is 0 Å². The van der Waals surface area contributed by atoms with Gasteiger partial charge in [0.25, 0.3) is 5.91 Å². The minimum absolute atomic E-state index is 0.0749.